The highest BCUT2D eigenvalue weighted by Gasteiger charge is 2.42. The molecule has 0 atom stereocenters. The van der Waals surface area contributed by atoms with Gasteiger partial charge in [0.25, 0.3) is 0 Å². The molecule has 0 bridgehead atoms. The summed E-state index contributed by atoms with van der Waals surface area (Å²) in [6.07, 6.45) is 0.652. The molecule has 102 valence electrons. The molecule has 17 heavy (non-hydrogen) atoms. The fraction of sp³-hybridized carbons (Fsp3) is 1.00. The van der Waals surface area contributed by atoms with Gasteiger partial charge in [-0.3, -0.25) is 0 Å². The van der Waals surface area contributed by atoms with E-state index in [1.807, 2.05) is 13.8 Å². The van der Waals surface area contributed by atoms with Crippen LogP contribution in [0.1, 0.15) is 41.0 Å². The monoisotopic (exact) mass is 263 g/mol. The topological polar surface area (TPSA) is 46.6 Å². The van der Waals surface area contributed by atoms with Gasteiger partial charge in [0.15, 0.2) is 0 Å². The van der Waals surface area contributed by atoms with E-state index in [2.05, 4.69) is 20.8 Å². The van der Waals surface area contributed by atoms with Crippen LogP contribution in [0.4, 0.5) is 0 Å². The summed E-state index contributed by atoms with van der Waals surface area (Å²) >= 11 is 0. The van der Waals surface area contributed by atoms with Gasteiger partial charge in [-0.15, -0.1) is 0 Å². The van der Waals surface area contributed by atoms with Crippen molar-refractivity contribution < 1.29 is 13.2 Å². The van der Waals surface area contributed by atoms with E-state index in [0.717, 1.165) is 0 Å². The lowest BCUT2D eigenvalue weighted by atomic mass is 9.86. The van der Waals surface area contributed by atoms with E-state index in [0.29, 0.717) is 32.7 Å². The Morgan fingerprint density at radius 1 is 1.06 bits per heavy atom. The van der Waals surface area contributed by atoms with E-state index in [1.54, 1.807) is 4.31 Å². The third kappa shape index (κ3) is 3.66. The first kappa shape index (κ1) is 14.9. The minimum absolute atomic E-state index is 0.00283. The van der Waals surface area contributed by atoms with Gasteiger partial charge in [-0.1, -0.05) is 20.8 Å². The molecule has 4 nitrogen and oxygen atoms in total. The maximum absolute atomic E-state index is 12.6. The molecule has 1 aliphatic heterocycles. The highest BCUT2D eigenvalue weighted by molar-refractivity contribution is 7.90. The van der Waals surface area contributed by atoms with Crippen molar-refractivity contribution in [3.05, 3.63) is 0 Å². The average molecular weight is 263 g/mol. The lowest BCUT2D eigenvalue weighted by molar-refractivity contribution is 0.0716. The molecule has 1 saturated heterocycles. The molecule has 1 rings (SSSR count). The zero-order valence-corrected chi connectivity index (χ0v) is 12.4. The molecule has 5 heteroatoms. The Hall–Kier alpha value is -0.130. The summed E-state index contributed by atoms with van der Waals surface area (Å²) in [5.41, 5.74) is 0.00283. The normalized spacial score (nSPS) is 20.5. The molecule has 0 aromatic heterocycles. The molecule has 0 aromatic rings. The summed E-state index contributed by atoms with van der Waals surface area (Å²) in [6.45, 7) is 11.8. The Balaban J connectivity index is 2.87. The SMILES string of the molecule is CC(C)(C)CC(C)(C)S(=O)(=O)N1CCOCC1. The fourth-order valence-electron chi connectivity index (χ4n) is 2.50. The molecule has 0 spiro atoms. The van der Waals surface area contributed by atoms with Gasteiger partial charge in [0.2, 0.25) is 10.0 Å². The molecule has 1 heterocycles. The summed E-state index contributed by atoms with van der Waals surface area (Å²) < 4.78 is 31.2. The number of rotatable bonds is 3. The largest absolute Gasteiger partial charge is 0.379 e. The van der Waals surface area contributed by atoms with Crippen molar-refractivity contribution >= 4 is 10.0 Å². The van der Waals surface area contributed by atoms with Gasteiger partial charge >= 0.3 is 0 Å². The van der Waals surface area contributed by atoms with Crippen molar-refractivity contribution in [3.8, 4) is 0 Å². The molecular formula is C12H25NO3S. The van der Waals surface area contributed by atoms with Gasteiger partial charge in [-0.2, -0.15) is 4.31 Å². The lowest BCUT2D eigenvalue weighted by Crippen LogP contribution is -2.50. The van der Waals surface area contributed by atoms with E-state index >= 15 is 0 Å². The molecule has 0 radical (unpaired) electrons. The van der Waals surface area contributed by atoms with Crippen LogP contribution in [-0.4, -0.2) is 43.8 Å². The first-order valence-corrected chi connectivity index (χ1v) is 7.58. The van der Waals surface area contributed by atoms with Gasteiger partial charge in [0, 0.05) is 13.1 Å². The van der Waals surface area contributed by atoms with E-state index in [1.165, 1.54) is 0 Å². The first-order chi connectivity index (χ1) is 7.56. The minimum Gasteiger partial charge on any atom is -0.379 e. The molecule has 0 aliphatic carbocycles. The van der Waals surface area contributed by atoms with E-state index < -0.39 is 14.8 Å². The highest BCUT2D eigenvalue weighted by Crippen LogP contribution is 2.34. The van der Waals surface area contributed by atoms with Crippen LogP contribution in [0.3, 0.4) is 0 Å². The van der Waals surface area contributed by atoms with Crippen LogP contribution in [0, 0.1) is 5.41 Å². The third-order valence-corrected chi connectivity index (χ3v) is 5.55. The number of morpholine rings is 1. The smallest absolute Gasteiger partial charge is 0.219 e. The fourth-order valence-corrected chi connectivity index (χ4v) is 4.45. The van der Waals surface area contributed by atoms with Crippen molar-refractivity contribution in [1.29, 1.82) is 0 Å². The van der Waals surface area contributed by atoms with Crippen LogP contribution in [0.5, 0.6) is 0 Å². The second-order valence-corrected chi connectivity index (χ2v) is 9.09. The number of nitrogens with zero attached hydrogens (tertiary/aromatic N) is 1. The Bertz CT molecular complexity index is 348. The lowest BCUT2D eigenvalue weighted by Gasteiger charge is -2.37. The van der Waals surface area contributed by atoms with Gasteiger partial charge < -0.3 is 4.74 Å². The number of hydrogen-bond acceptors (Lipinski definition) is 3. The van der Waals surface area contributed by atoms with Crippen molar-refractivity contribution in [2.75, 3.05) is 26.3 Å². The first-order valence-electron chi connectivity index (χ1n) is 6.14. The van der Waals surface area contributed by atoms with Crippen molar-refractivity contribution in [2.45, 2.75) is 45.8 Å². The maximum atomic E-state index is 12.6. The molecule has 0 aromatic carbocycles. The molecule has 1 aliphatic rings. The highest BCUT2D eigenvalue weighted by atomic mass is 32.2. The van der Waals surface area contributed by atoms with Crippen LogP contribution in [-0.2, 0) is 14.8 Å². The average Bonchev–Trinajstić information content (AvgIpc) is 2.15. The zero-order valence-electron chi connectivity index (χ0n) is 11.6. The van der Waals surface area contributed by atoms with Crippen LogP contribution in [0.15, 0.2) is 0 Å². The predicted molar refractivity (Wildman–Crippen MR) is 69.5 cm³/mol. The van der Waals surface area contributed by atoms with Gasteiger partial charge in [-0.05, 0) is 25.7 Å². The molecule has 0 N–H and O–H groups in total. The molecule has 1 fully saturated rings. The Morgan fingerprint density at radius 3 is 1.94 bits per heavy atom. The zero-order chi connectivity index (χ0) is 13.3. The van der Waals surface area contributed by atoms with Crippen molar-refractivity contribution in [1.82, 2.24) is 4.31 Å². The Kier molecular flexibility index (Phi) is 4.27. The maximum Gasteiger partial charge on any atom is 0.219 e. The second kappa shape index (κ2) is 4.86. The third-order valence-electron chi connectivity index (χ3n) is 2.96. The van der Waals surface area contributed by atoms with E-state index in [9.17, 15) is 8.42 Å². The second-order valence-electron chi connectivity index (χ2n) is 6.51. The van der Waals surface area contributed by atoms with Crippen LogP contribution >= 0.6 is 0 Å². The predicted octanol–water partition coefficient (Wildman–Crippen LogP) is 1.86. The van der Waals surface area contributed by atoms with Crippen LogP contribution in [0.25, 0.3) is 0 Å². The summed E-state index contributed by atoms with van der Waals surface area (Å²) in [7, 11) is -3.24. The number of hydrogen-bond donors (Lipinski definition) is 0. The van der Waals surface area contributed by atoms with Gasteiger partial charge in [-0.25, -0.2) is 8.42 Å². The van der Waals surface area contributed by atoms with Crippen LogP contribution < -0.4 is 0 Å². The van der Waals surface area contributed by atoms with E-state index in [-0.39, 0.29) is 5.41 Å². The quantitative estimate of drug-likeness (QED) is 0.781. The summed E-state index contributed by atoms with van der Waals surface area (Å²) in [5.74, 6) is 0. The molecular weight excluding hydrogens is 238 g/mol. The molecule has 0 unspecified atom stereocenters. The summed E-state index contributed by atoms with van der Waals surface area (Å²) in [4.78, 5) is 0. The van der Waals surface area contributed by atoms with Crippen LogP contribution in [0.2, 0.25) is 0 Å². The van der Waals surface area contributed by atoms with E-state index in [4.69, 9.17) is 4.74 Å². The number of ether oxygens (including phenoxy) is 1. The Labute approximate surface area is 105 Å². The standard InChI is InChI=1S/C12H25NO3S/c1-11(2,3)10-12(4,5)17(14,15)13-6-8-16-9-7-13/h6-10H2,1-5H3. The Morgan fingerprint density at radius 2 is 1.53 bits per heavy atom. The van der Waals surface area contributed by atoms with Gasteiger partial charge in [0.1, 0.15) is 0 Å². The van der Waals surface area contributed by atoms with Crippen molar-refractivity contribution in [2.24, 2.45) is 5.41 Å². The van der Waals surface area contributed by atoms with Gasteiger partial charge in [0.05, 0.1) is 18.0 Å². The van der Waals surface area contributed by atoms with Crippen molar-refractivity contribution in [3.63, 3.8) is 0 Å². The number of sulfonamides is 1. The molecule has 0 saturated carbocycles. The molecule has 0 amide bonds. The summed E-state index contributed by atoms with van der Waals surface area (Å²) in [6, 6.07) is 0. The summed E-state index contributed by atoms with van der Waals surface area (Å²) in [5, 5.41) is 0. The minimum atomic E-state index is -3.24.